The number of nitrogens with zero attached hydrogens (tertiary/aromatic N) is 2. The van der Waals surface area contributed by atoms with Crippen LogP contribution >= 0.6 is 11.8 Å². The molecule has 0 aliphatic carbocycles. The van der Waals surface area contributed by atoms with E-state index >= 15 is 0 Å². The lowest BCUT2D eigenvalue weighted by molar-refractivity contribution is 0.0903. The molecule has 78 valence electrons. The number of para-hydroxylation sites is 2. The fourth-order valence-electron chi connectivity index (χ4n) is 1.54. The first-order valence-electron chi connectivity index (χ1n) is 4.82. The Hall–Kier alpha value is -1.29. The van der Waals surface area contributed by atoms with Gasteiger partial charge in [0.25, 0.3) is 0 Å². The molecular formula is C11H12N2OS. The zero-order chi connectivity index (χ0) is 10.8. The highest BCUT2D eigenvalue weighted by Gasteiger charge is 2.13. The van der Waals surface area contributed by atoms with Crippen LogP contribution in [0.3, 0.4) is 0 Å². The molecule has 0 aliphatic rings. The lowest BCUT2D eigenvalue weighted by Crippen LogP contribution is -2.09. The van der Waals surface area contributed by atoms with Crippen molar-refractivity contribution in [1.82, 2.24) is 9.55 Å². The Kier molecular flexibility index (Phi) is 2.77. The number of carbonyl (C=O) groups excluding carboxylic acids is 1. The third kappa shape index (κ3) is 1.65. The minimum absolute atomic E-state index is 0.0908. The van der Waals surface area contributed by atoms with Gasteiger partial charge in [-0.05, 0) is 18.4 Å². The molecule has 3 nitrogen and oxygen atoms in total. The van der Waals surface area contributed by atoms with Crippen LogP contribution < -0.4 is 0 Å². The maximum absolute atomic E-state index is 11.8. The molecule has 0 unspecified atom stereocenters. The first-order chi connectivity index (χ1) is 7.27. The van der Waals surface area contributed by atoms with Crippen molar-refractivity contribution >= 4 is 28.7 Å². The SMILES string of the molecule is CCC(=O)n1c(SC)nc2ccccc21. The number of rotatable bonds is 2. The highest BCUT2D eigenvalue weighted by atomic mass is 32.2. The van der Waals surface area contributed by atoms with Crippen LogP contribution in [0.1, 0.15) is 18.1 Å². The standard InChI is InChI=1S/C11H12N2OS/c1-3-10(14)13-9-7-5-4-6-8(9)12-11(13)15-2/h4-7H,3H2,1-2H3. The van der Waals surface area contributed by atoms with Crippen LogP contribution in [0.2, 0.25) is 0 Å². The van der Waals surface area contributed by atoms with E-state index in [1.165, 1.54) is 11.8 Å². The molecule has 1 aromatic carbocycles. The summed E-state index contributed by atoms with van der Waals surface area (Å²) in [5, 5.41) is 0.767. The van der Waals surface area contributed by atoms with E-state index < -0.39 is 0 Å². The molecule has 0 fully saturated rings. The van der Waals surface area contributed by atoms with Gasteiger partial charge in [0.1, 0.15) is 0 Å². The highest BCUT2D eigenvalue weighted by molar-refractivity contribution is 7.98. The number of hydrogen-bond donors (Lipinski definition) is 0. The first kappa shape index (κ1) is 10.2. The summed E-state index contributed by atoms with van der Waals surface area (Å²) in [5.74, 6) is 0.0908. The van der Waals surface area contributed by atoms with Gasteiger partial charge in [-0.3, -0.25) is 9.36 Å². The van der Waals surface area contributed by atoms with Gasteiger partial charge >= 0.3 is 0 Å². The molecule has 0 saturated heterocycles. The molecule has 0 atom stereocenters. The Morgan fingerprint density at radius 3 is 2.87 bits per heavy atom. The second-order valence-corrected chi connectivity index (χ2v) is 3.94. The minimum Gasteiger partial charge on any atom is -0.274 e. The molecule has 0 spiro atoms. The number of aromatic nitrogens is 2. The molecule has 1 heterocycles. The van der Waals surface area contributed by atoms with Gasteiger partial charge in [-0.25, -0.2) is 4.98 Å². The van der Waals surface area contributed by atoms with Gasteiger partial charge in [0.15, 0.2) is 5.16 Å². The average molecular weight is 220 g/mol. The van der Waals surface area contributed by atoms with Gasteiger partial charge in [-0.1, -0.05) is 30.8 Å². The van der Waals surface area contributed by atoms with E-state index in [1.54, 1.807) is 4.57 Å². The lowest BCUT2D eigenvalue weighted by Gasteiger charge is -2.03. The monoisotopic (exact) mass is 220 g/mol. The van der Waals surface area contributed by atoms with Gasteiger partial charge in [-0.15, -0.1) is 0 Å². The van der Waals surface area contributed by atoms with E-state index in [4.69, 9.17) is 0 Å². The van der Waals surface area contributed by atoms with Crippen LogP contribution in [0, 0.1) is 0 Å². The Labute approximate surface area is 92.5 Å². The molecule has 0 saturated carbocycles. The van der Waals surface area contributed by atoms with E-state index in [-0.39, 0.29) is 5.91 Å². The normalized spacial score (nSPS) is 10.8. The molecule has 4 heteroatoms. The van der Waals surface area contributed by atoms with Crippen LogP contribution in [0.15, 0.2) is 29.4 Å². The van der Waals surface area contributed by atoms with Crippen molar-refractivity contribution < 1.29 is 4.79 Å². The molecule has 1 aromatic heterocycles. The maximum Gasteiger partial charge on any atom is 0.232 e. The van der Waals surface area contributed by atoms with Crippen LogP contribution in [0.5, 0.6) is 0 Å². The van der Waals surface area contributed by atoms with Gasteiger partial charge in [0, 0.05) is 6.42 Å². The summed E-state index contributed by atoms with van der Waals surface area (Å²) < 4.78 is 1.69. The summed E-state index contributed by atoms with van der Waals surface area (Å²) in [4.78, 5) is 16.2. The molecule has 0 N–H and O–H groups in total. The number of carbonyl (C=O) groups is 1. The molecule has 15 heavy (non-hydrogen) atoms. The lowest BCUT2D eigenvalue weighted by atomic mass is 10.3. The molecule has 2 aromatic rings. The van der Waals surface area contributed by atoms with Crippen molar-refractivity contribution in [3.05, 3.63) is 24.3 Å². The van der Waals surface area contributed by atoms with Gasteiger partial charge in [0.2, 0.25) is 5.91 Å². The Morgan fingerprint density at radius 2 is 2.20 bits per heavy atom. The first-order valence-corrected chi connectivity index (χ1v) is 6.05. The van der Waals surface area contributed by atoms with Gasteiger partial charge in [0.05, 0.1) is 11.0 Å². The number of imidazole rings is 1. The Balaban J connectivity index is 2.72. The summed E-state index contributed by atoms with van der Waals surface area (Å²) in [5.41, 5.74) is 1.78. The number of fused-ring (bicyclic) bond motifs is 1. The van der Waals surface area contributed by atoms with Crippen LogP contribution in [0.4, 0.5) is 0 Å². The van der Waals surface area contributed by atoms with E-state index in [0.29, 0.717) is 6.42 Å². The number of benzene rings is 1. The summed E-state index contributed by atoms with van der Waals surface area (Å²) in [6, 6.07) is 7.71. The van der Waals surface area contributed by atoms with Crippen molar-refractivity contribution in [1.29, 1.82) is 0 Å². The number of hydrogen-bond acceptors (Lipinski definition) is 3. The summed E-state index contributed by atoms with van der Waals surface area (Å²) >= 11 is 1.50. The molecular weight excluding hydrogens is 208 g/mol. The van der Waals surface area contributed by atoms with Crippen molar-refractivity contribution in [2.24, 2.45) is 0 Å². The molecule has 0 amide bonds. The topological polar surface area (TPSA) is 34.9 Å². The van der Waals surface area contributed by atoms with Gasteiger partial charge in [-0.2, -0.15) is 0 Å². The fraction of sp³-hybridized carbons (Fsp3) is 0.273. The van der Waals surface area contributed by atoms with Crippen molar-refractivity contribution in [3.63, 3.8) is 0 Å². The van der Waals surface area contributed by atoms with Gasteiger partial charge < -0.3 is 0 Å². The molecule has 0 aliphatic heterocycles. The van der Waals surface area contributed by atoms with E-state index in [2.05, 4.69) is 4.98 Å². The Bertz CT molecular complexity index is 504. The zero-order valence-electron chi connectivity index (χ0n) is 8.73. The Morgan fingerprint density at radius 1 is 1.47 bits per heavy atom. The zero-order valence-corrected chi connectivity index (χ0v) is 9.54. The van der Waals surface area contributed by atoms with Crippen LogP contribution in [-0.2, 0) is 0 Å². The summed E-state index contributed by atoms with van der Waals surface area (Å²) in [6.07, 6.45) is 2.43. The molecule has 0 radical (unpaired) electrons. The predicted octanol–water partition coefficient (Wildman–Crippen LogP) is 2.81. The maximum atomic E-state index is 11.8. The number of thioether (sulfide) groups is 1. The predicted molar refractivity (Wildman–Crippen MR) is 62.4 cm³/mol. The quantitative estimate of drug-likeness (QED) is 0.730. The van der Waals surface area contributed by atoms with Crippen molar-refractivity contribution in [2.45, 2.75) is 18.5 Å². The third-order valence-corrected chi connectivity index (χ3v) is 2.90. The molecule has 0 bridgehead atoms. The van der Waals surface area contributed by atoms with E-state index in [0.717, 1.165) is 16.2 Å². The largest absolute Gasteiger partial charge is 0.274 e. The van der Waals surface area contributed by atoms with E-state index in [1.807, 2.05) is 37.4 Å². The summed E-state index contributed by atoms with van der Waals surface area (Å²) in [6.45, 7) is 1.86. The van der Waals surface area contributed by atoms with Crippen molar-refractivity contribution in [3.8, 4) is 0 Å². The summed E-state index contributed by atoms with van der Waals surface area (Å²) in [7, 11) is 0. The van der Waals surface area contributed by atoms with Crippen LogP contribution in [-0.4, -0.2) is 21.7 Å². The molecule has 2 rings (SSSR count). The highest BCUT2D eigenvalue weighted by Crippen LogP contribution is 2.22. The van der Waals surface area contributed by atoms with Crippen LogP contribution in [0.25, 0.3) is 11.0 Å². The fourth-order valence-corrected chi connectivity index (χ4v) is 2.11. The van der Waals surface area contributed by atoms with E-state index in [9.17, 15) is 4.79 Å². The smallest absolute Gasteiger partial charge is 0.232 e. The average Bonchev–Trinajstić information content (AvgIpc) is 2.66. The van der Waals surface area contributed by atoms with Crippen molar-refractivity contribution in [2.75, 3.05) is 6.26 Å². The second kappa shape index (κ2) is 4.06. The minimum atomic E-state index is 0.0908. The third-order valence-electron chi connectivity index (χ3n) is 2.26. The second-order valence-electron chi connectivity index (χ2n) is 3.17.